The third-order valence-electron chi connectivity index (χ3n) is 15.8. The number of carbonyl (C=O) groups excluding carboxylic acids is 1. The quantitative estimate of drug-likeness (QED) is 0.0646. The summed E-state index contributed by atoms with van der Waals surface area (Å²) in [6.45, 7) is 17.6. The van der Waals surface area contributed by atoms with Gasteiger partial charge in [0, 0.05) is 6.42 Å². The van der Waals surface area contributed by atoms with Crippen molar-refractivity contribution in [2.75, 3.05) is 0 Å². The van der Waals surface area contributed by atoms with Gasteiger partial charge >= 0.3 is 5.97 Å². The first-order valence-electron chi connectivity index (χ1n) is 22.5. The van der Waals surface area contributed by atoms with Crippen molar-refractivity contribution in [1.82, 2.24) is 0 Å². The Morgan fingerprint density at radius 3 is 2.02 bits per heavy atom. The normalized spacial score (nSPS) is 34.0. The average Bonchev–Trinajstić information content (AvgIpc) is 3.44. The van der Waals surface area contributed by atoms with Crippen LogP contribution < -0.4 is 0 Å². The molecule has 0 saturated heterocycles. The Labute approximate surface area is 306 Å². The molecule has 0 aromatic rings. The Bertz CT molecular complexity index is 967. The second-order valence-electron chi connectivity index (χ2n) is 19.1. The van der Waals surface area contributed by atoms with E-state index in [1.165, 1.54) is 141 Å². The van der Waals surface area contributed by atoms with E-state index in [1.807, 2.05) is 0 Å². The van der Waals surface area contributed by atoms with Gasteiger partial charge in [-0.15, -0.1) is 0 Å². The first kappa shape index (κ1) is 41.0. The third-order valence-corrected chi connectivity index (χ3v) is 15.8. The number of carbonyl (C=O) groups is 1. The highest BCUT2D eigenvalue weighted by Gasteiger charge is 2.60. The van der Waals surface area contributed by atoms with Crippen molar-refractivity contribution in [3.8, 4) is 0 Å². The maximum Gasteiger partial charge on any atom is 0.306 e. The maximum atomic E-state index is 12.9. The zero-order valence-corrected chi connectivity index (χ0v) is 34.1. The van der Waals surface area contributed by atoms with Crippen molar-refractivity contribution in [3.05, 3.63) is 12.2 Å². The maximum absolute atomic E-state index is 12.9. The van der Waals surface area contributed by atoms with Crippen LogP contribution in [0.3, 0.4) is 0 Å². The van der Waals surface area contributed by atoms with Crippen molar-refractivity contribution >= 4 is 5.97 Å². The van der Waals surface area contributed by atoms with Gasteiger partial charge in [-0.1, -0.05) is 125 Å². The van der Waals surface area contributed by atoms with E-state index in [2.05, 4.69) is 60.6 Å². The predicted octanol–water partition coefficient (Wildman–Crippen LogP) is 14.7. The molecule has 4 aliphatic rings. The lowest BCUT2D eigenvalue weighted by molar-refractivity contribution is -0.162. The Balaban J connectivity index is 1.11. The molecule has 2 nitrogen and oxygen atoms in total. The van der Waals surface area contributed by atoms with Crippen molar-refractivity contribution in [2.24, 2.45) is 58.2 Å². The second kappa shape index (κ2) is 20.5. The highest BCUT2D eigenvalue weighted by molar-refractivity contribution is 5.69. The topological polar surface area (TPSA) is 26.3 Å². The minimum Gasteiger partial charge on any atom is -0.462 e. The standard InChI is InChI=1S/C47H84O2/c1-8-10-11-12-13-14-15-16-17-18-19-20-21-22-23-24-45(48)49-40-31-33-46(6)39(35-40)27-28-41-43-30-29-42(47(43,7)34-32-44(41)46)37(5)25-26-38(9-2)36(3)4/h16-17,36-44H,8-15,18-35H2,1-7H3/t37-,38-,39+,40+,41+,42-,43+,44+,46+,47-/m1/s1. The predicted molar refractivity (Wildman–Crippen MR) is 212 cm³/mol. The summed E-state index contributed by atoms with van der Waals surface area (Å²) in [5, 5.41) is 0. The van der Waals surface area contributed by atoms with Gasteiger partial charge in [-0.2, -0.15) is 0 Å². The third kappa shape index (κ3) is 11.1. The van der Waals surface area contributed by atoms with E-state index in [4.69, 9.17) is 4.74 Å². The minimum absolute atomic E-state index is 0.0816. The average molecular weight is 681 g/mol. The van der Waals surface area contributed by atoms with Crippen LogP contribution in [0.5, 0.6) is 0 Å². The second-order valence-corrected chi connectivity index (χ2v) is 19.1. The molecular formula is C47H84O2. The number of esters is 1. The molecule has 49 heavy (non-hydrogen) atoms. The van der Waals surface area contributed by atoms with Gasteiger partial charge < -0.3 is 4.74 Å². The van der Waals surface area contributed by atoms with Gasteiger partial charge in [0.15, 0.2) is 0 Å². The molecule has 0 aromatic heterocycles. The zero-order valence-electron chi connectivity index (χ0n) is 34.1. The van der Waals surface area contributed by atoms with E-state index in [0.717, 1.165) is 66.6 Å². The Hall–Kier alpha value is -0.790. The first-order chi connectivity index (χ1) is 23.6. The lowest BCUT2D eigenvalue weighted by Crippen LogP contribution is -2.54. The number of fused-ring (bicyclic) bond motifs is 5. The fourth-order valence-corrected chi connectivity index (χ4v) is 12.6. The summed E-state index contributed by atoms with van der Waals surface area (Å²) in [4.78, 5) is 12.9. The number of ether oxygens (including phenoxy) is 1. The van der Waals surface area contributed by atoms with Crippen LogP contribution in [0, 0.1) is 58.2 Å². The zero-order chi connectivity index (χ0) is 35.3. The van der Waals surface area contributed by atoms with Gasteiger partial charge in [0.2, 0.25) is 0 Å². The largest absolute Gasteiger partial charge is 0.462 e. The molecule has 0 aliphatic heterocycles. The molecule has 0 spiro atoms. The van der Waals surface area contributed by atoms with E-state index in [1.54, 1.807) is 0 Å². The first-order valence-corrected chi connectivity index (χ1v) is 22.5. The molecular weight excluding hydrogens is 597 g/mol. The molecule has 4 fully saturated rings. The summed E-state index contributed by atoms with van der Waals surface area (Å²) < 4.78 is 6.18. The van der Waals surface area contributed by atoms with Crippen LogP contribution in [0.4, 0.5) is 0 Å². The Kier molecular flexibility index (Phi) is 17.1. The van der Waals surface area contributed by atoms with Crippen LogP contribution >= 0.6 is 0 Å². The number of hydrogen-bond donors (Lipinski definition) is 0. The van der Waals surface area contributed by atoms with Crippen molar-refractivity contribution in [3.63, 3.8) is 0 Å². The smallest absolute Gasteiger partial charge is 0.306 e. The Morgan fingerprint density at radius 1 is 0.714 bits per heavy atom. The summed E-state index contributed by atoms with van der Waals surface area (Å²) in [7, 11) is 0. The number of hydrogen-bond acceptors (Lipinski definition) is 2. The molecule has 4 rings (SSSR count). The van der Waals surface area contributed by atoms with Crippen molar-refractivity contribution in [2.45, 2.75) is 222 Å². The number of allylic oxidation sites excluding steroid dienone is 2. The van der Waals surface area contributed by atoms with Gasteiger partial charge in [-0.3, -0.25) is 4.79 Å². The molecule has 0 heterocycles. The summed E-state index contributed by atoms with van der Waals surface area (Å²) in [6, 6.07) is 0. The summed E-state index contributed by atoms with van der Waals surface area (Å²) in [5.41, 5.74) is 1.03. The molecule has 284 valence electrons. The summed E-state index contributed by atoms with van der Waals surface area (Å²) in [5.74, 6) is 7.17. The molecule has 0 amide bonds. The van der Waals surface area contributed by atoms with Crippen LogP contribution in [0.2, 0.25) is 0 Å². The lowest BCUT2D eigenvalue weighted by atomic mass is 9.44. The van der Waals surface area contributed by atoms with Crippen molar-refractivity contribution < 1.29 is 9.53 Å². The van der Waals surface area contributed by atoms with E-state index in [0.29, 0.717) is 17.3 Å². The van der Waals surface area contributed by atoms with E-state index in [-0.39, 0.29) is 12.1 Å². The van der Waals surface area contributed by atoms with Crippen LogP contribution in [0.25, 0.3) is 0 Å². The molecule has 0 radical (unpaired) electrons. The molecule has 0 N–H and O–H groups in total. The van der Waals surface area contributed by atoms with Gasteiger partial charge in [-0.05, 0) is 154 Å². The van der Waals surface area contributed by atoms with Gasteiger partial charge in [-0.25, -0.2) is 0 Å². The van der Waals surface area contributed by atoms with Gasteiger partial charge in [0.05, 0.1) is 0 Å². The van der Waals surface area contributed by atoms with E-state index in [9.17, 15) is 4.79 Å². The fraction of sp³-hybridized carbons (Fsp3) is 0.936. The SMILES string of the molecule is CCCCCCCCC=CCCCCCCCC(=O)O[C@H]1CC[C@@]2(C)[C@@H](CC[C@@H]3[C@@H]2CC[C@]2(C)[C@@H]([C@H](C)CC[C@@H](CC)C(C)C)CC[C@@H]32)C1. The molecule has 2 heteroatoms. The van der Waals surface area contributed by atoms with Gasteiger partial charge in [0.1, 0.15) is 6.10 Å². The monoisotopic (exact) mass is 681 g/mol. The molecule has 0 bridgehead atoms. The minimum atomic E-state index is 0.0816. The highest BCUT2D eigenvalue weighted by atomic mass is 16.5. The molecule has 0 aromatic carbocycles. The highest BCUT2D eigenvalue weighted by Crippen LogP contribution is 2.68. The number of rotatable bonds is 22. The lowest BCUT2D eigenvalue weighted by Gasteiger charge is -2.61. The van der Waals surface area contributed by atoms with Gasteiger partial charge in [0.25, 0.3) is 0 Å². The fourth-order valence-electron chi connectivity index (χ4n) is 12.6. The van der Waals surface area contributed by atoms with Crippen LogP contribution in [0.1, 0.15) is 215 Å². The summed E-state index contributed by atoms with van der Waals surface area (Å²) in [6.07, 6.45) is 38.8. The Morgan fingerprint density at radius 2 is 1.35 bits per heavy atom. The van der Waals surface area contributed by atoms with Crippen LogP contribution in [0.15, 0.2) is 12.2 Å². The van der Waals surface area contributed by atoms with E-state index >= 15 is 0 Å². The van der Waals surface area contributed by atoms with Crippen LogP contribution in [-0.4, -0.2) is 12.1 Å². The molecule has 0 unspecified atom stereocenters. The number of unbranched alkanes of at least 4 members (excludes halogenated alkanes) is 11. The molecule has 4 aliphatic carbocycles. The van der Waals surface area contributed by atoms with Crippen LogP contribution in [-0.2, 0) is 9.53 Å². The molecule has 10 atom stereocenters. The van der Waals surface area contributed by atoms with E-state index < -0.39 is 0 Å². The van der Waals surface area contributed by atoms with Crippen molar-refractivity contribution in [1.29, 1.82) is 0 Å². The summed E-state index contributed by atoms with van der Waals surface area (Å²) >= 11 is 0. The molecule has 4 saturated carbocycles.